The Morgan fingerprint density at radius 2 is 2.00 bits per heavy atom. The van der Waals surface area contributed by atoms with E-state index < -0.39 is 30.7 Å². The standard InChI is InChI=1S/C16H12F3N3O/c17-14-6-11(10-2-4-22-12(5-10)1-3-21-22)9-20-15(14)23-13-7-16(18,19)8-13/h1-6,9,13H,7-8H2. The molecule has 3 aromatic rings. The Labute approximate surface area is 129 Å². The first kappa shape index (κ1) is 14.0. The third-order valence-corrected chi connectivity index (χ3v) is 3.87. The van der Waals surface area contributed by atoms with E-state index in [0.29, 0.717) is 5.56 Å². The van der Waals surface area contributed by atoms with Gasteiger partial charge >= 0.3 is 0 Å². The number of fused-ring (bicyclic) bond motifs is 1. The molecule has 0 atom stereocenters. The van der Waals surface area contributed by atoms with Crippen LogP contribution < -0.4 is 4.74 Å². The number of pyridine rings is 2. The van der Waals surface area contributed by atoms with Crippen LogP contribution in [0.4, 0.5) is 13.2 Å². The molecule has 7 heteroatoms. The number of hydrogen-bond donors (Lipinski definition) is 0. The molecule has 0 saturated heterocycles. The van der Waals surface area contributed by atoms with Crippen molar-refractivity contribution in [3.63, 3.8) is 0 Å². The molecule has 4 rings (SSSR count). The van der Waals surface area contributed by atoms with E-state index in [2.05, 4.69) is 10.1 Å². The second-order valence-corrected chi connectivity index (χ2v) is 5.63. The van der Waals surface area contributed by atoms with Crippen LogP contribution in [0, 0.1) is 5.82 Å². The first-order valence-corrected chi connectivity index (χ1v) is 7.14. The van der Waals surface area contributed by atoms with Gasteiger partial charge in [-0.15, -0.1) is 0 Å². The molecule has 1 fully saturated rings. The molecular formula is C16H12F3N3O. The molecule has 0 aliphatic heterocycles. The zero-order valence-corrected chi connectivity index (χ0v) is 11.9. The fourth-order valence-corrected chi connectivity index (χ4v) is 2.62. The molecule has 0 N–H and O–H groups in total. The fourth-order valence-electron chi connectivity index (χ4n) is 2.62. The van der Waals surface area contributed by atoms with Gasteiger partial charge in [-0.2, -0.15) is 5.10 Å². The summed E-state index contributed by atoms with van der Waals surface area (Å²) in [6, 6.07) is 6.78. The Balaban J connectivity index is 1.57. The lowest BCUT2D eigenvalue weighted by Gasteiger charge is -2.34. The van der Waals surface area contributed by atoms with Gasteiger partial charge in [0.2, 0.25) is 0 Å². The van der Waals surface area contributed by atoms with Crippen LogP contribution in [0.3, 0.4) is 0 Å². The van der Waals surface area contributed by atoms with Crippen LogP contribution in [0.1, 0.15) is 12.8 Å². The van der Waals surface area contributed by atoms with Crippen molar-refractivity contribution >= 4 is 5.52 Å². The maximum absolute atomic E-state index is 14.1. The van der Waals surface area contributed by atoms with Crippen molar-refractivity contribution in [3.05, 3.63) is 48.7 Å². The molecule has 118 valence electrons. The molecular weight excluding hydrogens is 307 g/mol. The van der Waals surface area contributed by atoms with Gasteiger partial charge in [-0.1, -0.05) is 0 Å². The van der Waals surface area contributed by atoms with Crippen LogP contribution in [0.2, 0.25) is 0 Å². The fraction of sp³-hybridized carbons (Fsp3) is 0.250. The zero-order valence-electron chi connectivity index (χ0n) is 11.9. The third kappa shape index (κ3) is 2.62. The highest BCUT2D eigenvalue weighted by molar-refractivity contribution is 5.68. The number of alkyl halides is 2. The molecule has 23 heavy (non-hydrogen) atoms. The first-order chi connectivity index (χ1) is 11.0. The summed E-state index contributed by atoms with van der Waals surface area (Å²) in [5.74, 6) is -3.60. The summed E-state index contributed by atoms with van der Waals surface area (Å²) in [5.41, 5.74) is 2.24. The summed E-state index contributed by atoms with van der Waals surface area (Å²) in [6.45, 7) is 0. The van der Waals surface area contributed by atoms with Crippen LogP contribution in [0.15, 0.2) is 42.9 Å². The van der Waals surface area contributed by atoms with E-state index in [9.17, 15) is 13.2 Å². The number of ether oxygens (including phenoxy) is 1. The second-order valence-electron chi connectivity index (χ2n) is 5.63. The van der Waals surface area contributed by atoms with E-state index >= 15 is 0 Å². The Morgan fingerprint density at radius 3 is 2.74 bits per heavy atom. The van der Waals surface area contributed by atoms with Crippen molar-refractivity contribution in [2.24, 2.45) is 0 Å². The number of halogens is 3. The quantitative estimate of drug-likeness (QED) is 0.739. The number of rotatable bonds is 3. The van der Waals surface area contributed by atoms with Gasteiger partial charge in [0, 0.05) is 37.0 Å². The van der Waals surface area contributed by atoms with Crippen molar-refractivity contribution in [3.8, 4) is 17.0 Å². The minimum atomic E-state index is -2.71. The minimum absolute atomic E-state index is 0.236. The van der Waals surface area contributed by atoms with Crippen LogP contribution >= 0.6 is 0 Å². The van der Waals surface area contributed by atoms with Crippen LogP contribution in [0.5, 0.6) is 5.88 Å². The van der Waals surface area contributed by atoms with Crippen LogP contribution in [-0.4, -0.2) is 26.6 Å². The maximum Gasteiger partial charge on any atom is 0.255 e. The van der Waals surface area contributed by atoms with Crippen molar-refractivity contribution in [2.45, 2.75) is 24.9 Å². The molecule has 0 unspecified atom stereocenters. The zero-order chi connectivity index (χ0) is 16.0. The summed E-state index contributed by atoms with van der Waals surface area (Å²) < 4.78 is 46.5. The minimum Gasteiger partial charge on any atom is -0.472 e. The Hall–Kier alpha value is -2.57. The van der Waals surface area contributed by atoms with E-state index in [0.717, 1.165) is 11.1 Å². The average Bonchev–Trinajstić information content (AvgIpc) is 2.94. The molecule has 0 aromatic carbocycles. The van der Waals surface area contributed by atoms with Gasteiger partial charge in [0.15, 0.2) is 5.82 Å². The highest BCUT2D eigenvalue weighted by Gasteiger charge is 2.47. The van der Waals surface area contributed by atoms with E-state index in [1.807, 2.05) is 12.1 Å². The molecule has 4 nitrogen and oxygen atoms in total. The van der Waals surface area contributed by atoms with Crippen molar-refractivity contribution in [2.75, 3.05) is 0 Å². The Kier molecular flexibility index (Phi) is 3.04. The second kappa shape index (κ2) is 4.97. The van der Waals surface area contributed by atoms with Crippen LogP contribution in [0.25, 0.3) is 16.6 Å². The lowest BCUT2D eigenvalue weighted by molar-refractivity contribution is -0.136. The van der Waals surface area contributed by atoms with E-state index in [1.54, 1.807) is 23.0 Å². The van der Waals surface area contributed by atoms with Crippen molar-refractivity contribution < 1.29 is 17.9 Å². The SMILES string of the molecule is Fc1cc(-c2ccn3nccc3c2)cnc1OC1CC(F)(F)C1. The van der Waals surface area contributed by atoms with E-state index in [1.165, 1.54) is 12.3 Å². The van der Waals surface area contributed by atoms with E-state index in [4.69, 9.17) is 4.74 Å². The predicted octanol–water partition coefficient (Wildman–Crippen LogP) is 3.71. The van der Waals surface area contributed by atoms with Gasteiger partial charge in [0.1, 0.15) is 6.10 Å². The summed E-state index contributed by atoms with van der Waals surface area (Å²) in [6.07, 6.45) is 3.44. The molecule has 0 radical (unpaired) electrons. The molecule has 0 bridgehead atoms. The number of aromatic nitrogens is 3. The number of hydrogen-bond acceptors (Lipinski definition) is 3. The third-order valence-electron chi connectivity index (χ3n) is 3.87. The molecule has 3 heterocycles. The maximum atomic E-state index is 14.1. The molecule has 0 amide bonds. The molecule has 1 aliphatic carbocycles. The largest absolute Gasteiger partial charge is 0.472 e. The topological polar surface area (TPSA) is 39.4 Å². The Bertz CT molecular complexity index is 870. The normalized spacial score (nSPS) is 17.2. The van der Waals surface area contributed by atoms with E-state index in [-0.39, 0.29) is 5.88 Å². The average molecular weight is 319 g/mol. The smallest absolute Gasteiger partial charge is 0.255 e. The summed E-state index contributed by atoms with van der Waals surface area (Å²) >= 11 is 0. The summed E-state index contributed by atoms with van der Waals surface area (Å²) in [7, 11) is 0. The Morgan fingerprint density at radius 1 is 1.17 bits per heavy atom. The highest BCUT2D eigenvalue weighted by Crippen LogP contribution is 2.40. The van der Waals surface area contributed by atoms with Gasteiger partial charge in [-0.05, 0) is 29.8 Å². The van der Waals surface area contributed by atoms with Gasteiger partial charge in [0.25, 0.3) is 11.8 Å². The van der Waals surface area contributed by atoms with Gasteiger partial charge in [-0.3, -0.25) is 0 Å². The van der Waals surface area contributed by atoms with Gasteiger partial charge in [-0.25, -0.2) is 22.7 Å². The predicted molar refractivity (Wildman–Crippen MR) is 77.0 cm³/mol. The van der Waals surface area contributed by atoms with Crippen molar-refractivity contribution in [1.82, 2.24) is 14.6 Å². The van der Waals surface area contributed by atoms with Gasteiger partial charge < -0.3 is 4.74 Å². The molecule has 1 saturated carbocycles. The van der Waals surface area contributed by atoms with Crippen LogP contribution in [-0.2, 0) is 0 Å². The monoisotopic (exact) mass is 319 g/mol. The molecule has 1 aliphatic rings. The number of nitrogens with zero attached hydrogens (tertiary/aromatic N) is 3. The van der Waals surface area contributed by atoms with Gasteiger partial charge in [0.05, 0.1) is 5.52 Å². The molecule has 3 aromatic heterocycles. The summed E-state index contributed by atoms with van der Waals surface area (Å²) in [4.78, 5) is 3.93. The first-order valence-electron chi connectivity index (χ1n) is 7.14. The highest BCUT2D eigenvalue weighted by atomic mass is 19.3. The summed E-state index contributed by atoms with van der Waals surface area (Å²) in [5, 5.41) is 4.09. The lowest BCUT2D eigenvalue weighted by atomic mass is 9.91. The lowest BCUT2D eigenvalue weighted by Crippen LogP contribution is -2.43. The van der Waals surface area contributed by atoms with Crippen molar-refractivity contribution in [1.29, 1.82) is 0 Å². The molecule has 0 spiro atoms.